The molecule has 0 aliphatic rings. The van der Waals surface area contributed by atoms with Crippen molar-refractivity contribution in [3.63, 3.8) is 0 Å². The fourth-order valence-electron chi connectivity index (χ4n) is 2.18. The summed E-state index contributed by atoms with van der Waals surface area (Å²) >= 11 is 13.8. The summed E-state index contributed by atoms with van der Waals surface area (Å²) in [6.45, 7) is 2.11. The van der Waals surface area contributed by atoms with Crippen LogP contribution in [0.15, 0.2) is 53.6 Å². The van der Waals surface area contributed by atoms with E-state index in [1.807, 2.05) is 30.3 Å². The summed E-state index contributed by atoms with van der Waals surface area (Å²) in [5.41, 5.74) is 3.34. The first-order valence-corrected chi connectivity index (χ1v) is 8.31. The highest BCUT2D eigenvalue weighted by Crippen LogP contribution is 2.29. The molecule has 0 aliphatic heterocycles. The van der Waals surface area contributed by atoms with Crippen LogP contribution in [-0.2, 0) is 5.75 Å². The maximum Gasteiger partial charge on any atom is 0.0973 e. The molecule has 3 rings (SSSR count). The van der Waals surface area contributed by atoms with Crippen LogP contribution in [0.2, 0.25) is 10.0 Å². The van der Waals surface area contributed by atoms with Crippen LogP contribution in [-0.4, -0.2) is 4.98 Å². The minimum absolute atomic E-state index is 0.661. The summed E-state index contributed by atoms with van der Waals surface area (Å²) in [4.78, 5) is 4.69. The van der Waals surface area contributed by atoms with E-state index < -0.39 is 0 Å². The molecule has 0 fully saturated rings. The van der Waals surface area contributed by atoms with E-state index in [9.17, 15) is 0 Å². The van der Waals surface area contributed by atoms with Gasteiger partial charge >= 0.3 is 0 Å². The summed E-state index contributed by atoms with van der Waals surface area (Å²) in [7, 11) is 0. The summed E-state index contributed by atoms with van der Waals surface area (Å²) in [6.07, 6.45) is 0. The molecule has 4 heteroatoms. The number of hydrogen-bond donors (Lipinski definition) is 0. The van der Waals surface area contributed by atoms with E-state index in [2.05, 4.69) is 19.1 Å². The third kappa shape index (κ3) is 3.34. The highest BCUT2D eigenvalue weighted by Gasteiger charge is 2.06. The van der Waals surface area contributed by atoms with Crippen molar-refractivity contribution in [2.24, 2.45) is 0 Å². The van der Waals surface area contributed by atoms with E-state index in [0.717, 1.165) is 21.9 Å². The second kappa shape index (κ2) is 6.27. The number of rotatable bonds is 3. The van der Waals surface area contributed by atoms with Crippen molar-refractivity contribution in [1.82, 2.24) is 4.98 Å². The van der Waals surface area contributed by atoms with Gasteiger partial charge in [0.1, 0.15) is 0 Å². The monoisotopic (exact) mass is 333 g/mol. The maximum absolute atomic E-state index is 6.20. The zero-order chi connectivity index (χ0) is 14.8. The Labute approximate surface area is 138 Å². The zero-order valence-electron chi connectivity index (χ0n) is 11.4. The number of thioether (sulfide) groups is 1. The van der Waals surface area contributed by atoms with E-state index in [4.69, 9.17) is 28.2 Å². The summed E-state index contributed by atoms with van der Waals surface area (Å²) in [6, 6.07) is 15.9. The number of nitrogens with zero attached hydrogens (tertiary/aromatic N) is 1. The molecule has 0 N–H and O–H groups in total. The molecule has 106 valence electrons. The topological polar surface area (TPSA) is 12.9 Å². The van der Waals surface area contributed by atoms with E-state index in [1.165, 1.54) is 10.9 Å². The molecule has 0 aliphatic carbocycles. The largest absolute Gasteiger partial charge is 0.241 e. The van der Waals surface area contributed by atoms with Crippen LogP contribution >= 0.6 is 35.0 Å². The van der Waals surface area contributed by atoms with Crippen molar-refractivity contribution < 1.29 is 0 Å². The molecule has 1 aromatic heterocycles. The second-order valence-electron chi connectivity index (χ2n) is 4.82. The second-order valence-corrected chi connectivity index (χ2v) is 6.66. The fraction of sp³-hybridized carbons (Fsp3) is 0.118. The third-order valence-electron chi connectivity index (χ3n) is 3.29. The quantitative estimate of drug-likeness (QED) is 0.533. The SMILES string of the molecule is Cc1cc(SCc2ccc(Cl)cc2Cl)nc2ccccc12. The average molecular weight is 334 g/mol. The molecule has 1 heterocycles. The molecule has 0 unspecified atom stereocenters. The van der Waals surface area contributed by atoms with Crippen LogP contribution in [0.3, 0.4) is 0 Å². The highest BCUT2D eigenvalue weighted by molar-refractivity contribution is 7.98. The van der Waals surface area contributed by atoms with Crippen LogP contribution in [0, 0.1) is 6.92 Å². The minimum Gasteiger partial charge on any atom is -0.241 e. The summed E-state index contributed by atoms with van der Waals surface area (Å²) < 4.78 is 0. The maximum atomic E-state index is 6.20. The Morgan fingerprint density at radius 3 is 2.67 bits per heavy atom. The lowest BCUT2D eigenvalue weighted by Crippen LogP contribution is -1.88. The highest BCUT2D eigenvalue weighted by atomic mass is 35.5. The third-order valence-corrected chi connectivity index (χ3v) is 4.84. The Balaban J connectivity index is 1.85. The Morgan fingerprint density at radius 1 is 1.05 bits per heavy atom. The van der Waals surface area contributed by atoms with Gasteiger partial charge in [-0.1, -0.05) is 47.5 Å². The molecule has 21 heavy (non-hydrogen) atoms. The van der Waals surface area contributed by atoms with Crippen molar-refractivity contribution >= 4 is 45.9 Å². The van der Waals surface area contributed by atoms with Crippen LogP contribution in [0.5, 0.6) is 0 Å². The van der Waals surface area contributed by atoms with Crippen molar-refractivity contribution in [2.75, 3.05) is 0 Å². The Morgan fingerprint density at radius 2 is 1.86 bits per heavy atom. The molecule has 0 atom stereocenters. The van der Waals surface area contributed by atoms with Gasteiger partial charge in [0.15, 0.2) is 0 Å². The van der Waals surface area contributed by atoms with Gasteiger partial charge in [-0.15, -0.1) is 11.8 Å². The summed E-state index contributed by atoms with van der Waals surface area (Å²) in [5.74, 6) is 0.779. The molecular weight excluding hydrogens is 321 g/mol. The number of benzene rings is 2. The molecule has 0 radical (unpaired) electrons. The molecule has 0 bridgehead atoms. The van der Waals surface area contributed by atoms with Crippen LogP contribution in [0.25, 0.3) is 10.9 Å². The number of para-hydroxylation sites is 1. The Bertz CT molecular complexity index is 802. The molecule has 0 amide bonds. The first-order chi connectivity index (χ1) is 10.1. The number of halogens is 2. The standard InChI is InChI=1S/C17H13Cl2NS/c1-11-8-17(20-16-5-3-2-4-14(11)16)21-10-12-6-7-13(18)9-15(12)19/h2-9H,10H2,1H3. The number of hydrogen-bond acceptors (Lipinski definition) is 2. The number of fused-ring (bicyclic) bond motifs is 1. The zero-order valence-corrected chi connectivity index (χ0v) is 13.8. The van der Waals surface area contributed by atoms with Gasteiger partial charge in [0, 0.05) is 21.2 Å². The van der Waals surface area contributed by atoms with Gasteiger partial charge in [0.05, 0.1) is 10.5 Å². The number of aryl methyl sites for hydroxylation is 1. The lowest BCUT2D eigenvalue weighted by Gasteiger charge is -2.07. The Kier molecular flexibility index (Phi) is 4.39. The molecule has 1 nitrogen and oxygen atoms in total. The van der Waals surface area contributed by atoms with Gasteiger partial charge in [-0.3, -0.25) is 0 Å². The lowest BCUT2D eigenvalue weighted by atomic mass is 10.1. The number of pyridine rings is 1. The van der Waals surface area contributed by atoms with E-state index in [-0.39, 0.29) is 0 Å². The van der Waals surface area contributed by atoms with E-state index in [1.54, 1.807) is 17.8 Å². The average Bonchev–Trinajstić information content (AvgIpc) is 2.46. The minimum atomic E-state index is 0.661. The van der Waals surface area contributed by atoms with Crippen LogP contribution in [0.4, 0.5) is 0 Å². The van der Waals surface area contributed by atoms with Crippen molar-refractivity contribution in [2.45, 2.75) is 17.7 Å². The van der Waals surface area contributed by atoms with Crippen LogP contribution < -0.4 is 0 Å². The van der Waals surface area contributed by atoms with Gasteiger partial charge in [0.25, 0.3) is 0 Å². The van der Waals surface area contributed by atoms with Gasteiger partial charge in [-0.2, -0.15) is 0 Å². The lowest BCUT2D eigenvalue weighted by molar-refractivity contribution is 1.16. The summed E-state index contributed by atoms with van der Waals surface area (Å²) in [5, 5.41) is 3.57. The Hall–Kier alpha value is -1.22. The molecule has 0 saturated heterocycles. The van der Waals surface area contributed by atoms with E-state index in [0.29, 0.717) is 10.0 Å². The van der Waals surface area contributed by atoms with Gasteiger partial charge < -0.3 is 0 Å². The van der Waals surface area contributed by atoms with Crippen molar-refractivity contribution in [1.29, 1.82) is 0 Å². The molecular formula is C17H13Cl2NS. The van der Waals surface area contributed by atoms with E-state index >= 15 is 0 Å². The number of aromatic nitrogens is 1. The van der Waals surface area contributed by atoms with Crippen LogP contribution in [0.1, 0.15) is 11.1 Å². The van der Waals surface area contributed by atoms with Crippen molar-refractivity contribution in [3.8, 4) is 0 Å². The predicted octanol–water partition coefficient (Wildman–Crippen LogP) is 6.14. The molecule has 0 saturated carbocycles. The van der Waals surface area contributed by atoms with Gasteiger partial charge in [-0.25, -0.2) is 4.98 Å². The molecule has 3 aromatic rings. The predicted molar refractivity (Wildman–Crippen MR) is 92.5 cm³/mol. The fourth-order valence-corrected chi connectivity index (χ4v) is 3.72. The smallest absolute Gasteiger partial charge is 0.0973 e. The van der Waals surface area contributed by atoms with Gasteiger partial charge in [0.2, 0.25) is 0 Å². The van der Waals surface area contributed by atoms with Gasteiger partial charge in [-0.05, 0) is 42.3 Å². The molecule has 2 aromatic carbocycles. The first kappa shape index (κ1) is 14.7. The van der Waals surface area contributed by atoms with Crippen molar-refractivity contribution in [3.05, 3.63) is 69.7 Å². The molecule has 0 spiro atoms. The normalized spacial score (nSPS) is 11.0. The first-order valence-electron chi connectivity index (χ1n) is 6.56.